The third-order valence-corrected chi connectivity index (χ3v) is 1.70. The summed E-state index contributed by atoms with van der Waals surface area (Å²) in [4.78, 5) is 2.24. The van der Waals surface area contributed by atoms with Gasteiger partial charge >= 0.3 is 0 Å². The van der Waals surface area contributed by atoms with Crippen molar-refractivity contribution in [3.8, 4) is 0 Å². The molecule has 0 bridgehead atoms. The Morgan fingerprint density at radius 2 is 2.12 bits per heavy atom. The molecule has 0 N–H and O–H groups in total. The number of nitrogens with zero attached hydrogens (tertiary/aromatic N) is 1. The average Bonchev–Trinajstić information content (AvgIpc) is 1.84. The molecule has 0 spiro atoms. The monoisotopic (exact) mass is 114 g/mol. The van der Waals surface area contributed by atoms with E-state index in [9.17, 15) is 0 Å². The fraction of sp³-hybridized carbons (Fsp3) is 0.857. The van der Waals surface area contributed by atoms with Crippen LogP contribution in [0, 0.1) is 6.92 Å². The van der Waals surface area contributed by atoms with Crippen molar-refractivity contribution < 1.29 is 0 Å². The van der Waals surface area contributed by atoms with Gasteiger partial charge < -0.3 is 4.90 Å². The topological polar surface area (TPSA) is 3.24 Å². The van der Waals surface area contributed by atoms with Crippen molar-refractivity contribution >= 4 is 0 Å². The van der Waals surface area contributed by atoms with Crippen molar-refractivity contribution in [2.24, 2.45) is 0 Å². The second kappa shape index (κ2) is 3.90. The zero-order valence-corrected chi connectivity index (χ0v) is 6.15. The Bertz CT molecular complexity index is 44.3. The van der Waals surface area contributed by atoms with Gasteiger partial charge in [-0.1, -0.05) is 6.92 Å². The molecule has 0 aromatic rings. The highest BCUT2D eigenvalue weighted by atomic mass is 15.1. The molecule has 8 heavy (non-hydrogen) atoms. The zero-order valence-electron chi connectivity index (χ0n) is 6.15. The molecule has 0 aliphatic rings. The molecule has 0 saturated carbocycles. The van der Waals surface area contributed by atoms with E-state index in [1.165, 1.54) is 6.42 Å². The van der Waals surface area contributed by atoms with Crippen molar-refractivity contribution in [3.63, 3.8) is 0 Å². The molecule has 0 aromatic heterocycles. The van der Waals surface area contributed by atoms with Gasteiger partial charge in [-0.25, -0.2) is 0 Å². The van der Waals surface area contributed by atoms with Gasteiger partial charge in [0.2, 0.25) is 0 Å². The van der Waals surface area contributed by atoms with Gasteiger partial charge in [0.15, 0.2) is 0 Å². The predicted octanol–water partition coefficient (Wildman–Crippen LogP) is 1.55. The van der Waals surface area contributed by atoms with E-state index in [-0.39, 0.29) is 0 Å². The molecule has 0 fully saturated rings. The van der Waals surface area contributed by atoms with Gasteiger partial charge in [0.1, 0.15) is 0 Å². The highest BCUT2D eigenvalue weighted by molar-refractivity contribution is 4.60. The summed E-state index contributed by atoms with van der Waals surface area (Å²) in [6, 6.07) is 0.687. The summed E-state index contributed by atoms with van der Waals surface area (Å²) in [5, 5.41) is 0. The van der Waals surface area contributed by atoms with Crippen molar-refractivity contribution in [3.05, 3.63) is 6.92 Å². The van der Waals surface area contributed by atoms with E-state index in [1.807, 2.05) is 0 Å². The highest BCUT2D eigenvalue weighted by Crippen LogP contribution is 1.97. The van der Waals surface area contributed by atoms with Crippen LogP contribution < -0.4 is 0 Å². The van der Waals surface area contributed by atoms with Crippen LogP contribution in [0.3, 0.4) is 0 Å². The minimum atomic E-state index is 0.687. The highest BCUT2D eigenvalue weighted by Gasteiger charge is 2.01. The maximum absolute atomic E-state index is 3.78. The van der Waals surface area contributed by atoms with Gasteiger partial charge in [-0.15, -0.1) is 0 Å². The molecule has 1 radical (unpaired) electrons. The molecule has 0 aliphatic carbocycles. The number of hydrogen-bond acceptors (Lipinski definition) is 1. The summed E-state index contributed by atoms with van der Waals surface area (Å²) < 4.78 is 0. The predicted molar refractivity (Wildman–Crippen MR) is 37.7 cm³/mol. The summed E-state index contributed by atoms with van der Waals surface area (Å²) in [7, 11) is 2.10. The van der Waals surface area contributed by atoms with E-state index < -0.39 is 0 Å². The summed E-state index contributed by atoms with van der Waals surface area (Å²) in [6.45, 7) is 9.10. The second-order valence-electron chi connectivity index (χ2n) is 2.24. The molecule has 0 aromatic carbocycles. The van der Waals surface area contributed by atoms with Crippen LogP contribution in [0.25, 0.3) is 0 Å². The Hall–Kier alpha value is -0.0400. The lowest BCUT2D eigenvalue weighted by Gasteiger charge is -2.20. The lowest BCUT2D eigenvalue weighted by molar-refractivity contribution is 0.277. The first-order chi connectivity index (χ1) is 3.72. The molecule has 1 atom stereocenters. The van der Waals surface area contributed by atoms with E-state index in [4.69, 9.17) is 0 Å². The van der Waals surface area contributed by atoms with Gasteiger partial charge in [-0.2, -0.15) is 0 Å². The van der Waals surface area contributed by atoms with Crippen LogP contribution in [0.2, 0.25) is 0 Å². The first-order valence-corrected chi connectivity index (χ1v) is 3.21. The molecule has 0 saturated heterocycles. The molecule has 1 heteroatoms. The zero-order chi connectivity index (χ0) is 6.57. The minimum absolute atomic E-state index is 0.687. The van der Waals surface area contributed by atoms with Crippen LogP contribution in [-0.4, -0.2) is 24.5 Å². The fourth-order valence-corrected chi connectivity index (χ4v) is 0.532. The van der Waals surface area contributed by atoms with Crippen molar-refractivity contribution in [2.45, 2.75) is 26.3 Å². The van der Waals surface area contributed by atoms with Gasteiger partial charge in [-0.3, -0.25) is 0 Å². The molecule has 0 rings (SSSR count). The summed E-state index contributed by atoms with van der Waals surface area (Å²) in [6.07, 6.45) is 1.21. The van der Waals surface area contributed by atoms with Crippen LogP contribution >= 0.6 is 0 Å². The molecule has 49 valence electrons. The lowest BCUT2D eigenvalue weighted by Crippen LogP contribution is -2.27. The Morgan fingerprint density at radius 1 is 1.62 bits per heavy atom. The Labute approximate surface area is 52.7 Å². The van der Waals surface area contributed by atoms with Crippen molar-refractivity contribution in [1.29, 1.82) is 0 Å². The standard InChI is InChI=1S/C7H16N/c1-5-7(3)8(4)6-2/h7H,2,5-6H2,1,3-4H3. The van der Waals surface area contributed by atoms with Crippen LogP contribution in [0.15, 0.2) is 0 Å². The SMILES string of the molecule is [CH2]CN(C)C(C)CC. The van der Waals surface area contributed by atoms with Crippen LogP contribution in [0.5, 0.6) is 0 Å². The maximum atomic E-state index is 3.78. The van der Waals surface area contributed by atoms with E-state index in [0.29, 0.717) is 6.04 Å². The molecule has 0 aliphatic heterocycles. The van der Waals surface area contributed by atoms with Gasteiger partial charge in [0.05, 0.1) is 0 Å². The molecule has 1 unspecified atom stereocenters. The largest absolute Gasteiger partial charge is 0.304 e. The van der Waals surface area contributed by atoms with E-state index in [2.05, 4.69) is 32.7 Å². The minimum Gasteiger partial charge on any atom is -0.304 e. The Balaban J connectivity index is 3.29. The maximum Gasteiger partial charge on any atom is 0.00612 e. The third-order valence-electron chi connectivity index (χ3n) is 1.70. The molecular formula is C7H16N. The first-order valence-electron chi connectivity index (χ1n) is 3.21. The van der Waals surface area contributed by atoms with Crippen LogP contribution in [-0.2, 0) is 0 Å². The quantitative estimate of drug-likeness (QED) is 0.538. The Kier molecular flexibility index (Phi) is 3.88. The molecule has 0 heterocycles. The Morgan fingerprint density at radius 3 is 2.25 bits per heavy atom. The summed E-state index contributed by atoms with van der Waals surface area (Å²) in [5.41, 5.74) is 0. The van der Waals surface area contributed by atoms with E-state index in [1.54, 1.807) is 0 Å². The first kappa shape index (κ1) is 7.96. The normalized spacial score (nSPS) is 14.6. The van der Waals surface area contributed by atoms with Gasteiger partial charge in [0, 0.05) is 6.04 Å². The van der Waals surface area contributed by atoms with Crippen LogP contribution in [0.4, 0.5) is 0 Å². The van der Waals surface area contributed by atoms with Crippen LogP contribution in [0.1, 0.15) is 20.3 Å². The smallest absolute Gasteiger partial charge is 0.00612 e. The second-order valence-corrected chi connectivity index (χ2v) is 2.24. The lowest BCUT2D eigenvalue weighted by atomic mass is 10.2. The van der Waals surface area contributed by atoms with Gasteiger partial charge in [-0.05, 0) is 33.9 Å². The molecule has 1 nitrogen and oxygen atoms in total. The van der Waals surface area contributed by atoms with Crippen molar-refractivity contribution in [2.75, 3.05) is 13.6 Å². The fourth-order valence-electron chi connectivity index (χ4n) is 0.532. The molecular weight excluding hydrogens is 98.1 g/mol. The summed E-state index contributed by atoms with van der Waals surface area (Å²) in [5.74, 6) is 0. The van der Waals surface area contributed by atoms with E-state index >= 15 is 0 Å². The summed E-state index contributed by atoms with van der Waals surface area (Å²) >= 11 is 0. The average molecular weight is 114 g/mol. The molecule has 0 amide bonds. The van der Waals surface area contributed by atoms with Crippen molar-refractivity contribution in [1.82, 2.24) is 4.90 Å². The van der Waals surface area contributed by atoms with E-state index in [0.717, 1.165) is 6.54 Å². The third kappa shape index (κ3) is 2.31. The van der Waals surface area contributed by atoms with Gasteiger partial charge in [0.25, 0.3) is 0 Å². The number of rotatable bonds is 3. The number of hydrogen-bond donors (Lipinski definition) is 0.